The number of nitrogens with two attached hydrogens (primary N) is 1. The monoisotopic (exact) mass is 254 g/mol. The van der Waals surface area contributed by atoms with Crippen molar-refractivity contribution in [2.45, 2.75) is 0 Å². The molecule has 3 nitrogen and oxygen atoms in total. The van der Waals surface area contributed by atoms with E-state index < -0.39 is 0 Å². The second-order valence-electron chi connectivity index (χ2n) is 3.23. The van der Waals surface area contributed by atoms with Gasteiger partial charge in [-0.3, -0.25) is 5.84 Å². The molecule has 90 valence electrons. The zero-order chi connectivity index (χ0) is 11.4. The molecule has 0 heterocycles. The van der Waals surface area contributed by atoms with Gasteiger partial charge in [0.05, 0.1) is 0 Å². The first-order valence-electron chi connectivity index (χ1n) is 4.78. The summed E-state index contributed by atoms with van der Waals surface area (Å²) in [6.45, 7) is 0. The Morgan fingerprint density at radius 1 is 1.00 bits per heavy atom. The van der Waals surface area contributed by atoms with Crippen molar-refractivity contribution in [1.82, 2.24) is 0 Å². The van der Waals surface area contributed by atoms with Crippen molar-refractivity contribution in [3.05, 3.63) is 54.3 Å². The lowest BCUT2D eigenvalue weighted by Gasteiger charge is -2.06. The highest BCUT2D eigenvalue weighted by Gasteiger charge is 1.98. The van der Waals surface area contributed by atoms with Crippen molar-refractivity contribution in [3.63, 3.8) is 0 Å². The first-order valence-corrected chi connectivity index (χ1v) is 4.78. The number of hydrazine groups is 1. The molecule has 2 rings (SSSR count). The first kappa shape index (κ1) is 13.3. The molecular formula is C12H12ClFN2O. The summed E-state index contributed by atoms with van der Waals surface area (Å²) in [6.07, 6.45) is 0. The van der Waals surface area contributed by atoms with E-state index in [4.69, 9.17) is 10.6 Å². The maximum absolute atomic E-state index is 12.9. The third kappa shape index (κ3) is 3.62. The van der Waals surface area contributed by atoms with Crippen LogP contribution in [0.5, 0.6) is 11.5 Å². The number of ether oxygens (including phenoxy) is 1. The summed E-state index contributed by atoms with van der Waals surface area (Å²) in [5.74, 6) is 6.01. The van der Waals surface area contributed by atoms with Crippen molar-refractivity contribution in [1.29, 1.82) is 0 Å². The van der Waals surface area contributed by atoms with E-state index in [1.807, 2.05) is 0 Å². The lowest BCUT2D eigenvalue weighted by Crippen LogP contribution is -2.05. The predicted molar refractivity (Wildman–Crippen MR) is 68.0 cm³/mol. The summed E-state index contributed by atoms with van der Waals surface area (Å²) in [5.41, 5.74) is 3.30. The Bertz CT molecular complexity index is 476. The van der Waals surface area contributed by atoms with Crippen LogP contribution in [-0.4, -0.2) is 0 Å². The molecule has 2 aromatic rings. The zero-order valence-electron chi connectivity index (χ0n) is 8.89. The molecule has 0 aliphatic carbocycles. The van der Waals surface area contributed by atoms with Crippen LogP contribution in [0.1, 0.15) is 0 Å². The molecule has 0 unspecified atom stereocenters. The lowest BCUT2D eigenvalue weighted by atomic mass is 10.3. The van der Waals surface area contributed by atoms with E-state index in [1.165, 1.54) is 12.1 Å². The number of benzene rings is 2. The number of hydrogen-bond acceptors (Lipinski definition) is 3. The number of halogens is 2. The third-order valence-electron chi connectivity index (χ3n) is 2.05. The largest absolute Gasteiger partial charge is 0.457 e. The topological polar surface area (TPSA) is 47.3 Å². The quantitative estimate of drug-likeness (QED) is 0.652. The average Bonchev–Trinajstić information content (AvgIpc) is 2.30. The van der Waals surface area contributed by atoms with Crippen LogP contribution in [0.4, 0.5) is 10.1 Å². The Labute approximate surface area is 105 Å². The Kier molecular flexibility index (Phi) is 4.75. The van der Waals surface area contributed by atoms with Gasteiger partial charge >= 0.3 is 0 Å². The second kappa shape index (κ2) is 6.08. The van der Waals surface area contributed by atoms with Crippen molar-refractivity contribution in [3.8, 4) is 11.5 Å². The van der Waals surface area contributed by atoms with Crippen LogP contribution in [0, 0.1) is 5.82 Å². The number of nitrogen functional groups attached to an aromatic ring is 1. The van der Waals surface area contributed by atoms with E-state index in [0.717, 1.165) is 5.69 Å². The number of anilines is 1. The molecule has 0 spiro atoms. The van der Waals surface area contributed by atoms with E-state index >= 15 is 0 Å². The molecule has 3 N–H and O–H groups in total. The summed E-state index contributed by atoms with van der Waals surface area (Å²) in [6, 6.07) is 13.0. The van der Waals surface area contributed by atoms with E-state index in [2.05, 4.69) is 5.43 Å². The smallest absolute Gasteiger partial charge is 0.130 e. The fourth-order valence-electron chi connectivity index (χ4n) is 1.29. The van der Waals surface area contributed by atoms with Crippen LogP contribution in [-0.2, 0) is 0 Å². The molecule has 0 aliphatic rings. The summed E-state index contributed by atoms with van der Waals surface area (Å²) in [7, 11) is 0. The lowest BCUT2D eigenvalue weighted by molar-refractivity contribution is 0.477. The van der Waals surface area contributed by atoms with Crippen molar-refractivity contribution >= 4 is 18.1 Å². The van der Waals surface area contributed by atoms with Crippen LogP contribution in [0.15, 0.2) is 48.5 Å². The van der Waals surface area contributed by atoms with Gasteiger partial charge in [0.2, 0.25) is 0 Å². The Hall–Kier alpha value is -1.78. The van der Waals surface area contributed by atoms with Crippen LogP contribution in [0.2, 0.25) is 0 Å². The van der Waals surface area contributed by atoms with Crippen molar-refractivity contribution in [2.24, 2.45) is 5.84 Å². The van der Waals surface area contributed by atoms with E-state index in [0.29, 0.717) is 11.5 Å². The van der Waals surface area contributed by atoms with Crippen LogP contribution in [0.25, 0.3) is 0 Å². The summed E-state index contributed by atoms with van der Waals surface area (Å²) in [5, 5.41) is 0. The van der Waals surface area contributed by atoms with E-state index in [9.17, 15) is 4.39 Å². The molecule has 0 atom stereocenters. The summed E-state index contributed by atoms with van der Waals surface area (Å²) in [4.78, 5) is 0. The number of rotatable bonds is 3. The fourth-order valence-corrected chi connectivity index (χ4v) is 1.29. The maximum Gasteiger partial charge on any atom is 0.130 e. The summed E-state index contributed by atoms with van der Waals surface area (Å²) < 4.78 is 18.3. The van der Waals surface area contributed by atoms with Gasteiger partial charge in [0.1, 0.15) is 17.3 Å². The highest BCUT2D eigenvalue weighted by atomic mass is 35.5. The second-order valence-corrected chi connectivity index (χ2v) is 3.23. The standard InChI is InChI=1S/C12H11FN2O.ClH/c13-9-2-1-3-12(8-9)16-11-6-4-10(15-14)5-7-11;/h1-8,15H,14H2;1H. The SMILES string of the molecule is Cl.NNc1ccc(Oc2cccc(F)c2)cc1. The summed E-state index contributed by atoms with van der Waals surface area (Å²) >= 11 is 0. The molecular weight excluding hydrogens is 243 g/mol. The molecule has 5 heteroatoms. The van der Waals surface area contributed by atoms with Gasteiger partial charge in [-0.15, -0.1) is 12.4 Å². The van der Waals surface area contributed by atoms with Gasteiger partial charge in [-0.2, -0.15) is 0 Å². The molecule has 0 saturated carbocycles. The Morgan fingerprint density at radius 2 is 1.71 bits per heavy atom. The average molecular weight is 255 g/mol. The molecule has 17 heavy (non-hydrogen) atoms. The molecule has 0 aromatic heterocycles. The van der Waals surface area contributed by atoms with Gasteiger partial charge in [0.25, 0.3) is 0 Å². The molecule has 0 fully saturated rings. The fraction of sp³-hybridized carbons (Fsp3) is 0. The van der Waals surface area contributed by atoms with E-state index in [1.54, 1.807) is 36.4 Å². The minimum Gasteiger partial charge on any atom is -0.457 e. The predicted octanol–water partition coefficient (Wildman–Crippen LogP) is 3.33. The number of nitrogens with one attached hydrogen (secondary N) is 1. The first-order chi connectivity index (χ1) is 7.78. The number of hydrogen-bond donors (Lipinski definition) is 2. The van der Waals surface area contributed by atoms with Crippen molar-refractivity contribution < 1.29 is 9.13 Å². The minimum atomic E-state index is -0.322. The maximum atomic E-state index is 12.9. The minimum absolute atomic E-state index is 0. The third-order valence-corrected chi connectivity index (χ3v) is 2.05. The Balaban J connectivity index is 0.00000144. The van der Waals surface area contributed by atoms with Gasteiger partial charge < -0.3 is 10.2 Å². The highest BCUT2D eigenvalue weighted by Crippen LogP contribution is 2.23. The van der Waals surface area contributed by atoms with Crippen molar-refractivity contribution in [2.75, 3.05) is 5.43 Å². The zero-order valence-corrected chi connectivity index (χ0v) is 9.71. The normalized spacial score (nSPS) is 9.29. The van der Waals surface area contributed by atoms with Gasteiger partial charge in [0, 0.05) is 11.8 Å². The van der Waals surface area contributed by atoms with Crippen LogP contribution < -0.4 is 16.0 Å². The van der Waals surface area contributed by atoms with E-state index in [-0.39, 0.29) is 18.2 Å². The Morgan fingerprint density at radius 3 is 2.29 bits per heavy atom. The van der Waals surface area contributed by atoms with Crippen LogP contribution >= 0.6 is 12.4 Å². The molecule has 0 amide bonds. The van der Waals surface area contributed by atoms with Crippen LogP contribution in [0.3, 0.4) is 0 Å². The highest BCUT2D eigenvalue weighted by molar-refractivity contribution is 5.85. The molecule has 0 saturated heterocycles. The van der Waals surface area contributed by atoms with Gasteiger partial charge in [0.15, 0.2) is 0 Å². The molecule has 0 aliphatic heterocycles. The molecule has 0 radical (unpaired) electrons. The molecule has 0 bridgehead atoms. The molecule has 2 aromatic carbocycles. The van der Waals surface area contributed by atoms with Gasteiger partial charge in [-0.05, 0) is 36.4 Å². The van der Waals surface area contributed by atoms with Gasteiger partial charge in [-0.25, -0.2) is 4.39 Å². The van der Waals surface area contributed by atoms with Gasteiger partial charge in [-0.1, -0.05) is 6.07 Å².